The van der Waals surface area contributed by atoms with Gasteiger partial charge in [-0.05, 0) is 26.9 Å². The number of nitrogen functional groups attached to an aromatic ring is 1. The van der Waals surface area contributed by atoms with Crippen molar-refractivity contribution in [2.75, 3.05) is 32.9 Å². The van der Waals surface area contributed by atoms with E-state index in [-0.39, 0.29) is 5.91 Å². The fourth-order valence-corrected chi connectivity index (χ4v) is 2.21. The zero-order chi connectivity index (χ0) is 12.1. The van der Waals surface area contributed by atoms with Crippen LogP contribution in [0.2, 0.25) is 0 Å². The van der Waals surface area contributed by atoms with E-state index in [1.807, 2.05) is 14.0 Å². The zero-order valence-electron chi connectivity index (χ0n) is 9.91. The van der Waals surface area contributed by atoms with Crippen LogP contribution in [0.3, 0.4) is 0 Å². The summed E-state index contributed by atoms with van der Waals surface area (Å²) in [5, 5.41) is 3.50. The number of nitrogens with zero attached hydrogens (tertiary/aromatic N) is 2. The third-order valence-electron chi connectivity index (χ3n) is 2.27. The normalized spacial score (nSPS) is 10.4. The minimum atomic E-state index is 0.00260. The van der Waals surface area contributed by atoms with Gasteiger partial charge in [0.15, 0.2) is 5.13 Å². The van der Waals surface area contributed by atoms with Gasteiger partial charge in [0.25, 0.3) is 5.91 Å². The van der Waals surface area contributed by atoms with Gasteiger partial charge in [-0.3, -0.25) is 4.79 Å². The summed E-state index contributed by atoms with van der Waals surface area (Å²) in [6, 6.07) is 0. The lowest BCUT2D eigenvalue weighted by molar-refractivity contribution is 0.0797. The number of anilines is 1. The summed E-state index contributed by atoms with van der Waals surface area (Å²) in [6.45, 7) is 3.44. The molecule has 1 rings (SSSR count). The van der Waals surface area contributed by atoms with Crippen molar-refractivity contribution in [1.82, 2.24) is 15.2 Å². The molecule has 16 heavy (non-hydrogen) atoms. The van der Waals surface area contributed by atoms with E-state index >= 15 is 0 Å². The molecule has 0 aliphatic heterocycles. The van der Waals surface area contributed by atoms with E-state index in [1.54, 1.807) is 11.9 Å². The summed E-state index contributed by atoms with van der Waals surface area (Å²) in [5.74, 6) is 0.00260. The Hall–Kier alpha value is -1.14. The largest absolute Gasteiger partial charge is 0.375 e. The van der Waals surface area contributed by atoms with Crippen molar-refractivity contribution >= 4 is 22.4 Å². The first-order chi connectivity index (χ1) is 7.56. The number of nitrogens with one attached hydrogen (secondary N) is 1. The second kappa shape index (κ2) is 5.81. The number of aromatic nitrogens is 1. The standard InChI is InChI=1S/C10H18N4OS/c1-7-8(16-10(11)13-7)9(15)14(3)6-4-5-12-2/h12H,4-6H2,1-3H3,(H2,11,13). The Morgan fingerprint density at radius 1 is 1.62 bits per heavy atom. The van der Waals surface area contributed by atoms with Gasteiger partial charge < -0.3 is 16.0 Å². The van der Waals surface area contributed by atoms with Crippen LogP contribution < -0.4 is 11.1 Å². The van der Waals surface area contributed by atoms with Crippen molar-refractivity contribution in [3.8, 4) is 0 Å². The Labute approximate surface area is 99.7 Å². The highest BCUT2D eigenvalue weighted by Crippen LogP contribution is 2.20. The van der Waals surface area contributed by atoms with E-state index in [2.05, 4.69) is 10.3 Å². The molecule has 0 saturated heterocycles. The number of hydrogen-bond acceptors (Lipinski definition) is 5. The molecule has 0 aromatic carbocycles. The Morgan fingerprint density at radius 3 is 2.81 bits per heavy atom. The predicted octanol–water partition coefficient (Wildman–Crippen LogP) is 0.715. The van der Waals surface area contributed by atoms with Crippen molar-refractivity contribution in [2.24, 2.45) is 0 Å². The molecule has 0 atom stereocenters. The average Bonchev–Trinajstić information content (AvgIpc) is 2.57. The molecule has 1 heterocycles. The van der Waals surface area contributed by atoms with Gasteiger partial charge in [0, 0.05) is 13.6 Å². The predicted molar refractivity (Wildman–Crippen MR) is 66.8 cm³/mol. The maximum absolute atomic E-state index is 12.0. The van der Waals surface area contributed by atoms with Crippen LogP contribution in [0.25, 0.3) is 0 Å². The van der Waals surface area contributed by atoms with Crippen molar-refractivity contribution in [3.63, 3.8) is 0 Å². The molecule has 90 valence electrons. The molecule has 1 aromatic rings. The minimum Gasteiger partial charge on any atom is -0.375 e. The SMILES string of the molecule is CNCCCN(C)C(=O)c1sc(N)nc1C. The van der Waals surface area contributed by atoms with Crippen LogP contribution >= 0.6 is 11.3 Å². The molecule has 0 fully saturated rings. The number of aryl methyl sites for hydroxylation is 1. The third kappa shape index (κ3) is 3.18. The first-order valence-corrected chi connectivity index (χ1v) is 6.01. The maximum Gasteiger partial charge on any atom is 0.265 e. The van der Waals surface area contributed by atoms with Gasteiger partial charge in [-0.2, -0.15) is 0 Å². The molecular formula is C10H18N4OS. The van der Waals surface area contributed by atoms with E-state index in [1.165, 1.54) is 11.3 Å². The molecule has 6 heteroatoms. The minimum absolute atomic E-state index is 0.00260. The molecule has 0 spiro atoms. The first kappa shape index (κ1) is 12.9. The molecule has 0 saturated carbocycles. The molecular weight excluding hydrogens is 224 g/mol. The fourth-order valence-electron chi connectivity index (χ4n) is 1.38. The lowest BCUT2D eigenvalue weighted by atomic mass is 10.3. The number of hydrogen-bond donors (Lipinski definition) is 2. The van der Waals surface area contributed by atoms with Gasteiger partial charge in [0.05, 0.1) is 5.69 Å². The van der Waals surface area contributed by atoms with Crippen molar-refractivity contribution in [3.05, 3.63) is 10.6 Å². The van der Waals surface area contributed by atoms with E-state index in [9.17, 15) is 4.79 Å². The Kier molecular flexibility index (Phi) is 4.70. The van der Waals surface area contributed by atoms with Gasteiger partial charge in [0.2, 0.25) is 0 Å². The molecule has 1 amide bonds. The third-order valence-corrected chi connectivity index (χ3v) is 3.25. The summed E-state index contributed by atoms with van der Waals surface area (Å²) in [4.78, 5) is 18.4. The maximum atomic E-state index is 12.0. The molecule has 1 aromatic heterocycles. The molecule has 5 nitrogen and oxygen atoms in total. The van der Waals surface area contributed by atoms with Crippen LogP contribution in [0.5, 0.6) is 0 Å². The summed E-state index contributed by atoms with van der Waals surface area (Å²) in [5.41, 5.74) is 6.28. The topological polar surface area (TPSA) is 71.2 Å². The van der Waals surface area contributed by atoms with Crippen LogP contribution in [0.15, 0.2) is 0 Å². The van der Waals surface area contributed by atoms with Crippen molar-refractivity contribution in [2.45, 2.75) is 13.3 Å². The van der Waals surface area contributed by atoms with Crippen LogP contribution in [-0.4, -0.2) is 43.0 Å². The highest BCUT2D eigenvalue weighted by molar-refractivity contribution is 7.17. The first-order valence-electron chi connectivity index (χ1n) is 5.19. The van der Waals surface area contributed by atoms with Gasteiger partial charge in [-0.15, -0.1) is 0 Å². The summed E-state index contributed by atoms with van der Waals surface area (Å²) in [7, 11) is 3.70. The van der Waals surface area contributed by atoms with E-state index in [0.29, 0.717) is 15.7 Å². The van der Waals surface area contributed by atoms with Crippen LogP contribution in [0.1, 0.15) is 21.8 Å². The van der Waals surface area contributed by atoms with Crippen molar-refractivity contribution < 1.29 is 4.79 Å². The molecule has 0 bridgehead atoms. The fraction of sp³-hybridized carbons (Fsp3) is 0.600. The summed E-state index contributed by atoms with van der Waals surface area (Å²) in [6.07, 6.45) is 0.937. The second-order valence-electron chi connectivity index (χ2n) is 3.65. The number of thiazole rings is 1. The number of carbonyl (C=O) groups excluding carboxylic acids is 1. The smallest absolute Gasteiger partial charge is 0.265 e. The van der Waals surface area contributed by atoms with Crippen LogP contribution in [0.4, 0.5) is 5.13 Å². The number of rotatable bonds is 5. The van der Waals surface area contributed by atoms with Gasteiger partial charge in [0.1, 0.15) is 4.88 Å². The lowest BCUT2D eigenvalue weighted by Crippen LogP contribution is -2.29. The summed E-state index contributed by atoms with van der Waals surface area (Å²) >= 11 is 1.25. The monoisotopic (exact) mass is 242 g/mol. The molecule has 3 N–H and O–H groups in total. The highest BCUT2D eigenvalue weighted by atomic mass is 32.1. The number of carbonyl (C=O) groups is 1. The van der Waals surface area contributed by atoms with E-state index in [0.717, 1.165) is 19.5 Å². The van der Waals surface area contributed by atoms with Crippen LogP contribution in [0, 0.1) is 6.92 Å². The van der Waals surface area contributed by atoms with Gasteiger partial charge >= 0.3 is 0 Å². The quantitative estimate of drug-likeness (QED) is 0.746. The Morgan fingerprint density at radius 2 is 2.31 bits per heavy atom. The number of amides is 1. The van der Waals surface area contributed by atoms with E-state index < -0.39 is 0 Å². The Balaban J connectivity index is 2.60. The van der Waals surface area contributed by atoms with Gasteiger partial charge in [-0.1, -0.05) is 11.3 Å². The summed E-state index contributed by atoms with van der Waals surface area (Å²) < 4.78 is 0. The van der Waals surface area contributed by atoms with Crippen LogP contribution in [-0.2, 0) is 0 Å². The Bertz CT molecular complexity index is 364. The lowest BCUT2D eigenvalue weighted by Gasteiger charge is -2.16. The molecule has 0 radical (unpaired) electrons. The highest BCUT2D eigenvalue weighted by Gasteiger charge is 2.17. The second-order valence-corrected chi connectivity index (χ2v) is 4.68. The molecule has 0 unspecified atom stereocenters. The van der Waals surface area contributed by atoms with Gasteiger partial charge in [-0.25, -0.2) is 4.98 Å². The average molecular weight is 242 g/mol. The van der Waals surface area contributed by atoms with E-state index in [4.69, 9.17) is 5.73 Å². The zero-order valence-corrected chi connectivity index (χ0v) is 10.7. The van der Waals surface area contributed by atoms with Crippen molar-refractivity contribution in [1.29, 1.82) is 0 Å². The molecule has 0 aliphatic rings. The number of nitrogens with two attached hydrogens (primary N) is 1. The molecule has 0 aliphatic carbocycles.